The van der Waals surface area contributed by atoms with Crippen LogP contribution in [0.5, 0.6) is 0 Å². The van der Waals surface area contributed by atoms with E-state index in [4.69, 9.17) is 5.73 Å². The zero-order valence-electron chi connectivity index (χ0n) is 11.1. The van der Waals surface area contributed by atoms with Gasteiger partial charge in [-0.1, -0.05) is 38.3 Å². The van der Waals surface area contributed by atoms with E-state index in [1.165, 1.54) is 0 Å². The molecule has 0 amide bonds. The molecule has 1 aromatic rings. The van der Waals surface area contributed by atoms with Crippen molar-refractivity contribution < 1.29 is 13.2 Å². The largest absolute Gasteiger partial charge is 0.416 e. The van der Waals surface area contributed by atoms with Crippen molar-refractivity contribution >= 4 is 0 Å². The second-order valence-electron chi connectivity index (χ2n) is 5.47. The molecule has 0 spiro atoms. The molecule has 1 fully saturated rings. The van der Waals surface area contributed by atoms with Gasteiger partial charge in [0.25, 0.3) is 0 Å². The molecular formula is C15H20F3N. The van der Waals surface area contributed by atoms with Gasteiger partial charge in [-0.05, 0) is 36.5 Å². The van der Waals surface area contributed by atoms with Gasteiger partial charge in [0.1, 0.15) is 0 Å². The molecule has 2 unspecified atom stereocenters. The molecule has 2 N–H and O–H groups in total. The summed E-state index contributed by atoms with van der Waals surface area (Å²) < 4.78 is 37.7. The van der Waals surface area contributed by atoms with E-state index < -0.39 is 17.3 Å². The minimum absolute atomic E-state index is 0.359. The summed E-state index contributed by atoms with van der Waals surface area (Å²) in [6.45, 7) is 2.10. The van der Waals surface area contributed by atoms with Gasteiger partial charge in [0.05, 0.1) is 5.56 Å². The molecule has 0 heterocycles. The molecule has 19 heavy (non-hydrogen) atoms. The summed E-state index contributed by atoms with van der Waals surface area (Å²) in [6.07, 6.45) is 0.825. The lowest BCUT2D eigenvalue weighted by Crippen LogP contribution is -2.46. The minimum atomic E-state index is -4.28. The van der Waals surface area contributed by atoms with E-state index in [9.17, 15) is 13.2 Å². The first kappa shape index (κ1) is 14.4. The van der Waals surface area contributed by atoms with Gasteiger partial charge in [0.15, 0.2) is 0 Å². The zero-order valence-corrected chi connectivity index (χ0v) is 11.1. The van der Waals surface area contributed by atoms with E-state index in [2.05, 4.69) is 6.92 Å². The quantitative estimate of drug-likeness (QED) is 0.844. The maximum atomic E-state index is 12.6. The van der Waals surface area contributed by atoms with Crippen molar-refractivity contribution in [1.29, 1.82) is 0 Å². The lowest BCUT2D eigenvalue weighted by Gasteiger charge is -2.41. The van der Waals surface area contributed by atoms with Gasteiger partial charge >= 0.3 is 6.18 Å². The van der Waals surface area contributed by atoms with Crippen LogP contribution >= 0.6 is 0 Å². The van der Waals surface area contributed by atoms with Gasteiger partial charge in [-0.2, -0.15) is 13.2 Å². The third-order valence-electron chi connectivity index (χ3n) is 4.36. The van der Waals surface area contributed by atoms with Crippen LogP contribution in [0.1, 0.15) is 50.2 Å². The van der Waals surface area contributed by atoms with Crippen molar-refractivity contribution in [2.45, 2.75) is 50.7 Å². The Morgan fingerprint density at radius 1 is 1.21 bits per heavy atom. The second kappa shape index (κ2) is 5.16. The average Bonchev–Trinajstić information content (AvgIpc) is 2.38. The summed E-state index contributed by atoms with van der Waals surface area (Å²) in [4.78, 5) is 0. The highest BCUT2D eigenvalue weighted by atomic mass is 19.4. The Kier molecular flexibility index (Phi) is 3.90. The van der Waals surface area contributed by atoms with E-state index in [-0.39, 0.29) is 0 Å². The number of rotatable bonds is 2. The number of nitrogens with two attached hydrogens (primary N) is 1. The molecule has 0 radical (unpaired) electrons. The van der Waals surface area contributed by atoms with Crippen molar-refractivity contribution in [1.82, 2.24) is 0 Å². The molecule has 0 aromatic heterocycles. The van der Waals surface area contributed by atoms with Crippen molar-refractivity contribution in [2.24, 2.45) is 11.7 Å². The molecule has 2 atom stereocenters. The maximum absolute atomic E-state index is 12.6. The molecule has 1 nitrogen and oxygen atoms in total. The topological polar surface area (TPSA) is 26.0 Å². The van der Waals surface area contributed by atoms with Crippen LogP contribution in [0.3, 0.4) is 0 Å². The molecule has 1 aliphatic carbocycles. The molecule has 4 heteroatoms. The van der Waals surface area contributed by atoms with Crippen LogP contribution in [0.25, 0.3) is 0 Å². The Labute approximate surface area is 112 Å². The third-order valence-corrected chi connectivity index (χ3v) is 4.36. The Hall–Kier alpha value is -1.03. The summed E-state index contributed by atoms with van der Waals surface area (Å²) in [6, 6.07) is 5.39. The van der Waals surface area contributed by atoms with Crippen molar-refractivity contribution in [3.8, 4) is 0 Å². The standard InChI is InChI=1S/C15H20F3N/c1-2-11-5-3-4-10-14(11,19)12-6-8-13(9-7-12)15(16,17)18/h6-9,11H,2-5,10,19H2,1H3. The molecule has 1 aromatic carbocycles. The highest BCUT2D eigenvalue weighted by Crippen LogP contribution is 2.42. The first-order chi connectivity index (χ1) is 8.88. The molecule has 0 bridgehead atoms. The summed E-state index contributed by atoms with van der Waals surface area (Å²) in [7, 11) is 0. The molecule has 1 aliphatic rings. The van der Waals surface area contributed by atoms with Crippen LogP contribution in [0.4, 0.5) is 13.2 Å². The van der Waals surface area contributed by atoms with Gasteiger partial charge in [0.2, 0.25) is 0 Å². The Balaban J connectivity index is 2.30. The predicted octanol–water partition coefficient (Wildman–Crippen LogP) is 4.46. The van der Waals surface area contributed by atoms with Gasteiger partial charge in [-0.15, -0.1) is 0 Å². The lowest BCUT2D eigenvalue weighted by atomic mass is 9.68. The Morgan fingerprint density at radius 3 is 2.37 bits per heavy atom. The molecule has 0 aliphatic heterocycles. The van der Waals surface area contributed by atoms with Gasteiger partial charge in [0, 0.05) is 5.54 Å². The van der Waals surface area contributed by atoms with E-state index in [1.54, 1.807) is 12.1 Å². The fraction of sp³-hybridized carbons (Fsp3) is 0.600. The fourth-order valence-corrected chi connectivity index (χ4v) is 3.19. The molecule has 0 saturated heterocycles. The highest BCUT2D eigenvalue weighted by Gasteiger charge is 2.38. The monoisotopic (exact) mass is 271 g/mol. The van der Waals surface area contributed by atoms with E-state index in [0.29, 0.717) is 5.92 Å². The zero-order chi connectivity index (χ0) is 14.1. The molecule has 1 saturated carbocycles. The van der Waals surface area contributed by atoms with E-state index in [0.717, 1.165) is 49.8 Å². The maximum Gasteiger partial charge on any atom is 0.416 e. The van der Waals surface area contributed by atoms with Crippen molar-refractivity contribution in [2.75, 3.05) is 0 Å². The molecule has 2 rings (SSSR count). The van der Waals surface area contributed by atoms with Crippen LogP contribution in [-0.4, -0.2) is 0 Å². The van der Waals surface area contributed by atoms with Crippen LogP contribution in [0.2, 0.25) is 0 Å². The SMILES string of the molecule is CCC1CCCCC1(N)c1ccc(C(F)(F)F)cc1. The fourth-order valence-electron chi connectivity index (χ4n) is 3.19. The smallest absolute Gasteiger partial charge is 0.321 e. The minimum Gasteiger partial charge on any atom is -0.321 e. The van der Waals surface area contributed by atoms with Crippen LogP contribution in [-0.2, 0) is 11.7 Å². The van der Waals surface area contributed by atoms with Crippen LogP contribution in [0, 0.1) is 5.92 Å². The predicted molar refractivity (Wildman–Crippen MR) is 69.6 cm³/mol. The Bertz CT molecular complexity index is 424. The normalized spacial score (nSPS) is 28.4. The first-order valence-corrected chi connectivity index (χ1v) is 6.84. The number of alkyl halides is 3. The van der Waals surface area contributed by atoms with Crippen molar-refractivity contribution in [3.05, 3.63) is 35.4 Å². The van der Waals surface area contributed by atoms with Gasteiger partial charge < -0.3 is 5.73 Å². The molecular weight excluding hydrogens is 251 g/mol. The number of benzene rings is 1. The second-order valence-corrected chi connectivity index (χ2v) is 5.47. The third kappa shape index (κ3) is 2.78. The summed E-state index contributed by atoms with van der Waals surface area (Å²) in [5, 5.41) is 0. The lowest BCUT2D eigenvalue weighted by molar-refractivity contribution is -0.137. The highest BCUT2D eigenvalue weighted by molar-refractivity contribution is 5.31. The Morgan fingerprint density at radius 2 is 1.84 bits per heavy atom. The first-order valence-electron chi connectivity index (χ1n) is 6.84. The summed E-state index contributed by atoms with van der Waals surface area (Å²) >= 11 is 0. The molecule has 106 valence electrons. The van der Waals surface area contributed by atoms with E-state index in [1.807, 2.05) is 0 Å². The van der Waals surface area contributed by atoms with Gasteiger partial charge in [-0.25, -0.2) is 0 Å². The number of halogens is 3. The number of hydrogen-bond acceptors (Lipinski definition) is 1. The average molecular weight is 271 g/mol. The van der Waals surface area contributed by atoms with E-state index >= 15 is 0 Å². The number of hydrogen-bond donors (Lipinski definition) is 1. The van der Waals surface area contributed by atoms with Crippen LogP contribution in [0.15, 0.2) is 24.3 Å². The van der Waals surface area contributed by atoms with Crippen molar-refractivity contribution in [3.63, 3.8) is 0 Å². The van der Waals surface area contributed by atoms with Crippen LogP contribution < -0.4 is 5.73 Å². The summed E-state index contributed by atoms with van der Waals surface area (Å²) in [5.74, 6) is 0.359. The van der Waals surface area contributed by atoms with Gasteiger partial charge in [-0.3, -0.25) is 0 Å². The summed E-state index contributed by atoms with van der Waals surface area (Å²) in [5.41, 5.74) is 6.28.